The summed E-state index contributed by atoms with van der Waals surface area (Å²) in [6.07, 6.45) is 2.84. The first kappa shape index (κ1) is 13.6. The summed E-state index contributed by atoms with van der Waals surface area (Å²) in [6.45, 7) is 4.03. The molecular formula is C17H19N3O. The third-order valence-corrected chi connectivity index (χ3v) is 4.07. The normalized spacial score (nSPS) is 11.2. The van der Waals surface area contributed by atoms with Crippen molar-refractivity contribution < 1.29 is 0 Å². The van der Waals surface area contributed by atoms with E-state index in [4.69, 9.17) is 0 Å². The van der Waals surface area contributed by atoms with E-state index in [1.807, 2.05) is 32.3 Å². The molecule has 0 amide bonds. The molecule has 0 saturated carbocycles. The second kappa shape index (κ2) is 4.88. The largest absolute Gasteiger partial charge is 0.350 e. The van der Waals surface area contributed by atoms with Crippen molar-refractivity contribution in [3.05, 3.63) is 52.1 Å². The Labute approximate surface area is 123 Å². The molecule has 0 aliphatic carbocycles. The van der Waals surface area contributed by atoms with E-state index in [0.717, 1.165) is 39.7 Å². The lowest BCUT2D eigenvalue weighted by Gasteiger charge is -2.11. The maximum atomic E-state index is 12.6. The first-order valence-corrected chi connectivity index (χ1v) is 7.15. The quantitative estimate of drug-likeness (QED) is 0.724. The van der Waals surface area contributed by atoms with Crippen molar-refractivity contribution in [2.75, 3.05) is 0 Å². The van der Waals surface area contributed by atoms with Crippen molar-refractivity contribution in [1.29, 1.82) is 0 Å². The molecule has 2 heterocycles. The van der Waals surface area contributed by atoms with E-state index in [1.165, 1.54) is 4.68 Å². The van der Waals surface area contributed by atoms with Gasteiger partial charge < -0.3 is 4.57 Å². The SMILES string of the molecule is CCc1c(C)nn(C)c(=O)c1-c1cn(C)c2ccccc12. The van der Waals surface area contributed by atoms with Gasteiger partial charge in [-0.1, -0.05) is 25.1 Å². The highest BCUT2D eigenvalue weighted by Gasteiger charge is 2.18. The zero-order valence-electron chi connectivity index (χ0n) is 12.8. The van der Waals surface area contributed by atoms with E-state index >= 15 is 0 Å². The maximum Gasteiger partial charge on any atom is 0.274 e. The van der Waals surface area contributed by atoms with Gasteiger partial charge in [-0.2, -0.15) is 5.10 Å². The number of hydrogen-bond acceptors (Lipinski definition) is 2. The molecule has 0 atom stereocenters. The summed E-state index contributed by atoms with van der Waals surface area (Å²) in [5.74, 6) is 0. The summed E-state index contributed by atoms with van der Waals surface area (Å²) < 4.78 is 3.50. The monoisotopic (exact) mass is 281 g/mol. The van der Waals surface area contributed by atoms with E-state index < -0.39 is 0 Å². The van der Waals surface area contributed by atoms with Gasteiger partial charge in [0.1, 0.15) is 0 Å². The highest BCUT2D eigenvalue weighted by Crippen LogP contribution is 2.31. The number of rotatable bonds is 2. The number of fused-ring (bicyclic) bond motifs is 1. The molecule has 0 aliphatic heterocycles. The lowest BCUT2D eigenvalue weighted by atomic mass is 9.98. The van der Waals surface area contributed by atoms with Gasteiger partial charge in [0.05, 0.1) is 11.3 Å². The average molecular weight is 281 g/mol. The van der Waals surface area contributed by atoms with Crippen LogP contribution >= 0.6 is 0 Å². The molecule has 0 radical (unpaired) electrons. The Bertz CT molecular complexity index is 887. The summed E-state index contributed by atoms with van der Waals surface area (Å²) in [7, 11) is 3.72. The van der Waals surface area contributed by atoms with Gasteiger partial charge >= 0.3 is 0 Å². The van der Waals surface area contributed by atoms with Crippen molar-refractivity contribution >= 4 is 10.9 Å². The van der Waals surface area contributed by atoms with Gasteiger partial charge in [-0.05, 0) is 25.0 Å². The number of aromatic nitrogens is 3. The molecule has 0 saturated heterocycles. The molecule has 3 aromatic rings. The lowest BCUT2D eigenvalue weighted by Crippen LogP contribution is -2.24. The smallest absolute Gasteiger partial charge is 0.274 e. The Kier molecular flexibility index (Phi) is 3.16. The number of para-hydroxylation sites is 1. The zero-order valence-corrected chi connectivity index (χ0v) is 12.8. The summed E-state index contributed by atoms with van der Waals surface area (Å²) in [5.41, 5.74) is 4.83. The Hall–Kier alpha value is -2.36. The number of aryl methyl sites for hydroxylation is 3. The molecule has 0 aliphatic rings. The predicted octanol–water partition coefficient (Wildman–Crippen LogP) is 2.81. The van der Waals surface area contributed by atoms with Crippen molar-refractivity contribution in [3.63, 3.8) is 0 Å². The third kappa shape index (κ3) is 1.98. The van der Waals surface area contributed by atoms with E-state index in [0.29, 0.717) is 0 Å². The molecule has 0 fully saturated rings. The van der Waals surface area contributed by atoms with E-state index in [-0.39, 0.29) is 5.56 Å². The molecular weight excluding hydrogens is 262 g/mol. The topological polar surface area (TPSA) is 39.8 Å². The van der Waals surface area contributed by atoms with Gasteiger partial charge in [0.15, 0.2) is 0 Å². The Morgan fingerprint density at radius 2 is 1.90 bits per heavy atom. The van der Waals surface area contributed by atoms with Gasteiger partial charge in [-0.25, -0.2) is 4.68 Å². The van der Waals surface area contributed by atoms with Crippen LogP contribution < -0.4 is 5.56 Å². The Morgan fingerprint density at radius 3 is 2.62 bits per heavy atom. The Morgan fingerprint density at radius 1 is 1.19 bits per heavy atom. The van der Waals surface area contributed by atoms with Gasteiger partial charge in [0, 0.05) is 36.8 Å². The molecule has 108 valence electrons. The fourth-order valence-corrected chi connectivity index (χ4v) is 3.05. The van der Waals surface area contributed by atoms with Gasteiger partial charge in [0.25, 0.3) is 5.56 Å². The highest BCUT2D eigenvalue weighted by molar-refractivity contribution is 5.96. The number of benzene rings is 1. The molecule has 4 heteroatoms. The van der Waals surface area contributed by atoms with Gasteiger partial charge in [-0.3, -0.25) is 4.79 Å². The van der Waals surface area contributed by atoms with Gasteiger partial charge in [0.2, 0.25) is 0 Å². The minimum atomic E-state index is -0.0335. The molecule has 3 rings (SSSR count). The first-order valence-electron chi connectivity index (χ1n) is 7.15. The molecule has 21 heavy (non-hydrogen) atoms. The van der Waals surface area contributed by atoms with E-state index in [9.17, 15) is 4.79 Å². The molecule has 4 nitrogen and oxygen atoms in total. The second-order valence-corrected chi connectivity index (χ2v) is 5.39. The van der Waals surface area contributed by atoms with Crippen LogP contribution in [0.3, 0.4) is 0 Å². The van der Waals surface area contributed by atoms with Crippen LogP contribution in [0.5, 0.6) is 0 Å². The third-order valence-electron chi connectivity index (χ3n) is 4.07. The molecule has 0 bridgehead atoms. The van der Waals surface area contributed by atoms with Crippen LogP contribution in [0.25, 0.3) is 22.0 Å². The fourth-order valence-electron chi connectivity index (χ4n) is 3.05. The highest BCUT2D eigenvalue weighted by atomic mass is 16.1. The van der Waals surface area contributed by atoms with Crippen molar-refractivity contribution in [2.24, 2.45) is 14.1 Å². The fraction of sp³-hybridized carbons (Fsp3) is 0.294. The van der Waals surface area contributed by atoms with Crippen LogP contribution in [-0.4, -0.2) is 14.3 Å². The summed E-state index contributed by atoms with van der Waals surface area (Å²) in [5, 5.41) is 5.42. The van der Waals surface area contributed by atoms with Crippen molar-refractivity contribution in [1.82, 2.24) is 14.3 Å². The standard InChI is InChI=1S/C17H19N3O/c1-5-12-11(2)18-20(4)17(21)16(12)14-10-19(3)15-9-7-6-8-13(14)15/h6-10H,5H2,1-4H3. The van der Waals surface area contributed by atoms with Crippen molar-refractivity contribution in [3.8, 4) is 11.1 Å². The van der Waals surface area contributed by atoms with E-state index in [1.54, 1.807) is 7.05 Å². The second-order valence-electron chi connectivity index (χ2n) is 5.39. The Balaban J connectivity index is 2.46. The number of nitrogens with zero attached hydrogens (tertiary/aromatic N) is 3. The molecule has 2 aromatic heterocycles. The van der Waals surface area contributed by atoms with Crippen LogP contribution in [0, 0.1) is 6.92 Å². The first-order chi connectivity index (χ1) is 10.0. The number of hydrogen-bond donors (Lipinski definition) is 0. The maximum absolute atomic E-state index is 12.6. The van der Waals surface area contributed by atoms with Crippen LogP contribution in [0.1, 0.15) is 18.2 Å². The van der Waals surface area contributed by atoms with Crippen molar-refractivity contribution in [2.45, 2.75) is 20.3 Å². The van der Waals surface area contributed by atoms with Crippen LogP contribution in [-0.2, 0) is 20.5 Å². The van der Waals surface area contributed by atoms with Crippen LogP contribution in [0.15, 0.2) is 35.3 Å². The summed E-state index contributed by atoms with van der Waals surface area (Å²) in [6, 6.07) is 8.17. The molecule has 0 spiro atoms. The van der Waals surface area contributed by atoms with Crippen LogP contribution in [0.2, 0.25) is 0 Å². The lowest BCUT2D eigenvalue weighted by molar-refractivity contribution is 0.686. The zero-order chi connectivity index (χ0) is 15.1. The van der Waals surface area contributed by atoms with E-state index in [2.05, 4.69) is 28.7 Å². The summed E-state index contributed by atoms with van der Waals surface area (Å²) in [4.78, 5) is 12.6. The average Bonchev–Trinajstić information content (AvgIpc) is 2.80. The molecule has 0 N–H and O–H groups in total. The minimum absolute atomic E-state index is 0.0335. The van der Waals surface area contributed by atoms with Crippen LogP contribution in [0.4, 0.5) is 0 Å². The molecule has 0 unspecified atom stereocenters. The predicted molar refractivity (Wildman–Crippen MR) is 85.5 cm³/mol. The summed E-state index contributed by atoms with van der Waals surface area (Å²) >= 11 is 0. The van der Waals surface area contributed by atoms with Gasteiger partial charge in [-0.15, -0.1) is 0 Å². The molecule has 1 aromatic carbocycles. The minimum Gasteiger partial charge on any atom is -0.350 e.